The summed E-state index contributed by atoms with van der Waals surface area (Å²) < 4.78 is 4.82. The summed E-state index contributed by atoms with van der Waals surface area (Å²) in [5.74, 6) is -0.246. The van der Waals surface area contributed by atoms with Gasteiger partial charge >= 0.3 is 5.97 Å². The number of nitro benzene ring substituents is 1. The van der Waals surface area contributed by atoms with Crippen LogP contribution in [-0.2, 0) is 16.1 Å². The van der Waals surface area contributed by atoms with Crippen molar-refractivity contribution in [3.8, 4) is 0 Å². The number of anilines is 1. The second-order valence-electron chi connectivity index (χ2n) is 4.97. The highest BCUT2D eigenvalue weighted by Gasteiger charge is 2.32. The normalized spacial score (nSPS) is 18.5. The van der Waals surface area contributed by atoms with Gasteiger partial charge < -0.3 is 10.1 Å². The van der Waals surface area contributed by atoms with E-state index in [0.717, 1.165) is 24.9 Å². The SMILES string of the molecule is CNc1c(CN2CCCC2C(=O)OC)cccc1[N+](=O)[O-]. The van der Waals surface area contributed by atoms with Crippen molar-refractivity contribution in [1.29, 1.82) is 0 Å². The zero-order valence-electron chi connectivity index (χ0n) is 12.2. The molecule has 1 aromatic carbocycles. The Labute approximate surface area is 123 Å². The molecule has 0 saturated carbocycles. The average Bonchev–Trinajstić information content (AvgIpc) is 2.94. The number of nitrogens with zero attached hydrogens (tertiary/aromatic N) is 2. The molecule has 1 aliphatic rings. The van der Waals surface area contributed by atoms with Gasteiger partial charge in [-0.05, 0) is 24.9 Å². The van der Waals surface area contributed by atoms with Crippen LogP contribution < -0.4 is 5.32 Å². The lowest BCUT2D eigenvalue weighted by Gasteiger charge is -2.23. The number of esters is 1. The Balaban J connectivity index is 2.25. The van der Waals surface area contributed by atoms with Crippen molar-refractivity contribution >= 4 is 17.3 Å². The Bertz CT molecular complexity index is 547. The fourth-order valence-electron chi connectivity index (χ4n) is 2.80. The van der Waals surface area contributed by atoms with Gasteiger partial charge in [-0.2, -0.15) is 0 Å². The fourth-order valence-corrected chi connectivity index (χ4v) is 2.80. The Morgan fingerprint density at radius 2 is 2.33 bits per heavy atom. The number of rotatable bonds is 5. The summed E-state index contributed by atoms with van der Waals surface area (Å²) in [6, 6.07) is 4.71. The summed E-state index contributed by atoms with van der Waals surface area (Å²) >= 11 is 0. The molecule has 1 aromatic rings. The summed E-state index contributed by atoms with van der Waals surface area (Å²) in [4.78, 5) is 24.4. The molecule has 0 amide bonds. The number of carbonyl (C=O) groups is 1. The first-order chi connectivity index (χ1) is 10.1. The lowest BCUT2D eigenvalue weighted by molar-refractivity contribution is -0.384. The zero-order valence-corrected chi connectivity index (χ0v) is 12.2. The second kappa shape index (κ2) is 6.53. The Kier molecular flexibility index (Phi) is 4.74. The first-order valence-electron chi connectivity index (χ1n) is 6.84. The van der Waals surface area contributed by atoms with E-state index in [-0.39, 0.29) is 17.7 Å². The molecule has 1 N–H and O–H groups in total. The van der Waals surface area contributed by atoms with Crippen LogP contribution in [-0.4, -0.2) is 42.5 Å². The minimum Gasteiger partial charge on any atom is -0.468 e. The number of benzene rings is 1. The standard InChI is InChI=1S/C14H19N3O4/c1-15-13-10(5-3-6-11(13)17(19)20)9-16-8-4-7-12(16)14(18)21-2/h3,5-6,12,15H,4,7-9H2,1-2H3. The molecular formula is C14H19N3O4. The molecule has 1 saturated heterocycles. The van der Waals surface area contributed by atoms with E-state index in [1.165, 1.54) is 13.2 Å². The Hall–Kier alpha value is -2.15. The van der Waals surface area contributed by atoms with Gasteiger partial charge in [0.05, 0.1) is 12.0 Å². The van der Waals surface area contributed by atoms with Crippen molar-refractivity contribution in [3.05, 3.63) is 33.9 Å². The maximum absolute atomic E-state index is 11.8. The molecule has 7 heteroatoms. The third kappa shape index (κ3) is 3.13. The van der Waals surface area contributed by atoms with Gasteiger partial charge in [-0.3, -0.25) is 19.8 Å². The smallest absolute Gasteiger partial charge is 0.323 e. The van der Waals surface area contributed by atoms with E-state index in [0.29, 0.717) is 12.2 Å². The van der Waals surface area contributed by atoms with Crippen molar-refractivity contribution in [2.24, 2.45) is 0 Å². The van der Waals surface area contributed by atoms with Crippen LogP contribution in [0.1, 0.15) is 18.4 Å². The molecule has 0 aromatic heterocycles. The molecule has 2 rings (SSSR count). The third-order valence-electron chi connectivity index (χ3n) is 3.79. The maximum atomic E-state index is 11.8. The largest absolute Gasteiger partial charge is 0.468 e. The molecule has 1 heterocycles. The Morgan fingerprint density at radius 1 is 1.57 bits per heavy atom. The molecule has 21 heavy (non-hydrogen) atoms. The summed E-state index contributed by atoms with van der Waals surface area (Å²) in [5.41, 5.74) is 1.35. The van der Waals surface area contributed by atoms with Crippen LogP contribution in [0.5, 0.6) is 0 Å². The van der Waals surface area contributed by atoms with E-state index in [2.05, 4.69) is 5.32 Å². The fraction of sp³-hybridized carbons (Fsp3) is 0.500. The number of ether oxygens (including phenoxy) is 1. The number of likely N-dealkylation sites (tertiary alicyclic amines) is 1. The third-order valence-corrected chi connectivity index (χ3v) is 3.79. The minimum absolute atomic E-state index is 0.0452. The number of methoxy groups -OCH3 is 1. The molecule has 1 fully saturated rings. The molecule has 0 aliphatic carbocycles. The predicted molar refractivity (Wildman–Crippen MR) is 78.1 cm³/mol. The van der Waals surface area contributed by atoms with Crippen molar-refractivity contribution in [1.82, 2.24) is 4.90 Å². The van der Waals surface area contributed by atoms with E-state index >= 15 is 0 Å². The van der Waals surface area contributed by atoms with Gasteiger partial charge in [0, 0.05) is 19.7 Å². The number of para-hydroxylation sites is 1. The van der Waals surface area contributed by atoms with Gasteiger partial charge in [-0.1, -0.05) is 12.1 Å². The number of nitro groups is 1. The van der Waals surface area contributed by atoms with Crippen LogP contribution in [0.4, 0.5) is 11.4 Å². The van der Waals surface area contributed by atoms with Crippen molar-refractivity contribution in [2.45, 2.75) is 25.4 Å². The van der Waals surface area contributed by atoms with Crippen LogP contribution in [0.15, 0.2) is 18.2 Å². The van der Waals surface area contributed by atoms with Crippen LogP contribution >= 0.6 is 0 Å². The second-order valence-corrected chi connectivity index (χ2v) is 4.97. The molecule has 114 valence electrons. The van der Waals surface area contributed by atoms with Gasteiger partial charge in [0.15, 0.2) is 0 Å². The topological polar surface area (TPSA) is 84.7 Å². The highest BCUT2D eigenvalue weighted by molar-refractivity contribution is 5.76. The molecule has 7 nitrogen and oxygen atoms in total. The average molecular weight is 293 g/mol. The van der Waals surface area contributed by atoms with Crippen molar-refractivity contribution in [3.63, 3.8) is 0 Å². The molecule has 0 radical (unpaired) electrons. The van der Waals surface area contributed by atoms with Crippen LogP contribution in [0, 0.1) is 10.1 Å². The van der Waals surface area contributed by atoms with Gasteiger partial charge in [0.25, 0.3) is 5.69 Å². The first kappa shape index (κ1) is 15.2. The molecule has 1 aliphatic heterocycles. The number of nitrogens with one attached hydrogen (secondary N) is 1. The molecule has 0 spiro atoms. The molecule has 1 unspecified atom stereocenters. The highest BCUT2D eigenvalue weighted by atomic mass is 16.6. The van der Waals surface area contributed by atoms with Crippen molar-refractivity contribution in [2.75, 3.05) is 26.0 Å². The minimum atomic E-state index is -0.406. The van der Waals surface area contributed by atoms with E-state index in [1.807, 2.05) is 11.0 Å². The van der Waals surface area contributed by atoms with Gasteiger partial charge in [-0.15, -0.1) is 0 Å². The lowest BCUT2D eigenvalue weighted by Crippen LogP contribution is -2.36. The summed E-state index contributed by atoms with van der Waals surface area (Å²) in [5, 5.41) is 14.0. The van der Waals surface area contributed by atoms with E-state index in [4.69, 9.17) is 4.74 Å². The van der Waals surface area contributed by atoms with Gasteiger partial charge in [0.2, 0.25) is 0 Å². The van der Waals surface area contributed by atoms with E-state index < -0.39 is 4.92 Å². The van der Waals surface area contributed by atoms with Gasteiger partial charge in [-0.25, -0.2) is 0 Å². The van der Waals surface area contributed by atoms with Crippen LogP contribution in [0.3, 0.4) is 0 Å². The van der Waals surface area contributed by atoms with E-state index in [9.17, 15) is 14.9 Å². The Morgan fingerprint density at radius 3 is 2.95 bits per heavy atom. The summed E-state index contributed by atoms with van der Waals surface area (Å²) in [6.07, 6.45) is 1.68. The summed E-state index contributed by atoms with van der Waals surface area (Å²) in [6.45, 7) is 1.27. The van der Waals surface area contributed by atoms with Crippen LogP contribution in [0.25, 0.3) is 0 Å². The number of hydrogen-bond acceptors (Lipinski definition) is 6. The summed E-state index contributed by atoms with van der Waals surface area (Å²) in [7, 11) is 3.04. The van der Waals surface area contributed by atoms with Crippen LogP contribution in [0.2, 0.25) is 0 Å². The highest BCUT2D eigenvalue weighted by Crippen LogP contribution is 2.30. The number of hydrogen-bond donors (Lipinski definition) is 1. The predicted octanol–water partition coefficient (Wildman–Crippen LogP) is 1.77. The van der Waals surface area contributed by atoms with Gasteiger partial charge in [0.1, 0.15) is 11.7 Å². The number of carbonyl (C=O) groups excluding carboxylic acids is 1. The lowest BCUT2D eigenvalue weighted by atomic mass is 10.1. The molecule has 1 atom stereocenters. The zero-order chi connectivity index (χ0) is 15.4. The van der Waals surface area contributed by atoms with Crippen molar-refractivity contribution < 1.29 is 14.5 Å². The van der Waals surface area contributed by atoms with E-state index in [1.54, 1.807) is 13.1 Å². The molecular weight excluding hydrogens is 274 g/mol. The monoisotopic (exact) mass is 293 g/mol. The molecule has 0 bridgehead atoms. The maximum Gasteiger partial charge on any atom is 0.323 e. The first-order valence-corrected chi connectivity index (χ1v) is 6.84. The quantitative estimate of drug-likeness (QED) is 0.506.